The maximum Gasteiger partial charge on any atom is 0.356 e. The van der Waals surface area contributed by atoms with Gasteiger partial charge in [-0.25, -0.2) is 9.59 Å². The number of ether oxygens (including phenoxy) is 4. The monoisotopic (exact) mass is 432 g/mol. The zero-order chi connectivity index (χ0) is 22.7. The highest BCUT2D eigenvalue weighted by atomic mass is 19.1. The second kappa shape index (κ2) is 8.86. The zero-order valence-corrected chi connectivity index (χ0v) is 15.9. The highest BCUT2D eigenvalue weighted by Crippen LogP contribution is 2.34. The van der Waals surface area contributed by atoms with E-state index in [1.54, 1.807) is 4.98 Å². The van der Waals surface area contributed by atoms with Crippen molar-refractivity contribution in [2.75, 3.05) is 6.61 Å². The first-order chi connectivity index (χ1) is 13.9. The van der Waals surface area contributed by atoms with Crippen LogP contribution in [0.15, 0.2) is 9.59 Å². The summed E-state index contributed by atoms with van der Waals surface area (Å²) >= 11 is 0. The Morgan fingerprint density at radius 2 is 1.63 bits per heavy atom. The van der Waals surface area contributed by atoms with Crippen molar-refractivity contribution in [3.8, 4) is 0 Å². The number of nitrogens with zero attached hydrogens (tertiary/aromatic N) is 1. The summed E-state index contributed by atoms with van der Waals surface area (Å²) in [6.07, 6.45) is -6.27. The van der Waals surface area contributed by atoms with E-state index in [9.17, 15) is 38.3 Å². The lowest BCUT2D eigenvalue weighted by molar-refractivity contribution is -0.166. The van der Waals surface area contributed by atoms with E-state index in [0.717, 1.165) is 20.8 Å². The van der Waals surface area contributed by atoms with Gasteiger partial charge in [0.2, 0.25) is 5.82 Å². The molecule has 1 aromatic heterocycles. The van der Waals surface area contributed by atoms with Crippen LogP contribution < -0.4 is 11.2 Å². The summed E-state index contributed by atoms with van der Waals surface area (Å²) in [5, 5.41) is 9.31. The summed E-state index contributed by atoms with van der Waals surface area (Å²) in [6, 6.07) is 0. The van der Waals surface area contributed by atoms with Crippen LogP contribution in [0, 0.1) is 5.82 Å². The van der Waals surface area contributed by atoms with Gasteiger partial charge in [0.05, 0.1) is 0 Å². The molecule has 0 spiro atoms. The molecule has 1 fully saturated rings. The molecule has 164 valence electrons. The van der Waals surface area contributed by atoms with Crippen LogP contribution in [0.1, 0.15) is 37.5 Å². The van der Waals surface area contributed by atoms with Gasteiger partial charge >= 0.3 is 29.6 Å². The molecule has 0 unspecified atom stereocenters. The van der Waals surface area contributed by atoms with Crippen molar-refractivity contribution in [1.82, 2.24) is 9.55 Å². The lowest BCUT2D eigenvalue weighted by Gasteiger charge is -2.24. The van der Waals surface area contributed by atoms with Gasteiger partial charge in [0.25, 0.3) is 5.56 Å². The van der Waals surface area contributed by atoms with Crippen molar-refractivity contribution in [2.45, 2.75) is 45.3 Å². The minimum Gasteiger partial charge on any atom is -0.476 e. The summed E-state index contributed by atoms with van der Waals surface area (Å²) < 4.78 is 34.8. The smallest absolute Gasteiger partial charge is 0.356 e. The lowest BCUT2D eigenvalue weighted by Crippen LogP contribution is -2.45. The Morgan fingerprint density at radius 1 is 1.07 bits per heavy atom. The molecule has 1 saturated heterocycles. The maximum atomic E-state index is 14.2. The Balaban J connectivity index is 2.66. The van der Waals surface area contributed by atoms with Gasteiger partial charge in [-0.3, -0.25) is 28.7 Å². The Labute approximate surface area is 166 Å². The number of carbonyl (C=O) groups excluding carboxylic acids is 3. The predicted octanol–water partition coefficient (Wildman–Crippen LogP) is -1.30. The van der Waals surface area contributed by atoms with Crippen molar-refractivity contribution < 1.29 is 47.6 Å². The molecule has 1 aromatic rings. The van der Waals surface area contributed by atoms with E-state index in [1.165, 1.54) is 0 Å². The summed E-state index contributed by atoms with van der Waals surface area (Å²) in [6.45, 7) is 2.51. The maximum absolute atomic E-state index is 14.2. The minimum absolute atomic E-state index is 0.205. The van der Waals surface area contributed by atoms with Gasteiger partial charge in [0, 0.05) is 20.8 Å². The number of nitrogens with one attached hydrogen (secondary N) is 1. The Bertz CT molecular complexity index is 998. The molecule has 1 aliphatic heterocycles. The van der Waals surface area contributed by atoms with Crippen LogP contribution in [0.2, 0.25) is 0 Å². The van der Waals surface area contributed by atoms with Crippen molar-refractivity contribution in [3.05, 3.63) is 32.3 Å². The van der Waals surface area contributed by atoms with Crippen LogP contribution >= 0.6 is 0 Å². The Morgan fingerprint density at radius 3 is 2.13 bits per heavy atom. The van der Waals surface area contributed by atoms with Gasteiger partial charge in [0.1, 0.15) is 12.7 Å². The third-order valence-corrected chi connectivity index (χ3v) is 3.88. The number of aromatic nitrogens is 2. The first-order valence-corrected chi connectivity index (χ1v) is 8.34. The van der Waals surface area contributed by atoms with Crippen LogP contribution in [-0.2, 0) is 33.3 Å². The molecule has 0 saturated carbocycles. The van der Waals surface area contributed by atoms with E-state index >= 15 is 0 Å². The number of hydrogen-bond acceptors (Lipinski definition) is 10. The number of carboxylic acids is 1. The van der Waals surface area contributed by atoms with Gasteiger partial charge in [-0.2, -0.15) is 4.39 Å². The first-order valence-electron chi connectivity index (χ1n) is 8.34. The Kier molecular flexibility index (Phi) is 6.71. The van der Waals surface area contributed by atoms with E-state index in [-0.39, 0.29) is 4.57 Å². The average Bonchev–Trinajstić information content (AvgIpc) is 2.91. The van der Waals surface area contributed by atoms with E-state index < -0.39 is 77.8 Å². The Hall–Kier alpha value is -3.55. The minimum atomic E-state index is -1.99. The lowest BCUT2D eigenvalue weighted by atomic mass is 10.1. The van der Waals surface area contributed by atoms with Gasteiger partial charge in [-0.1, -0.05) is 0 Å². The molecule has 2 heterocycles. The number of H-pyrrole nitrogens is 1. The summed E-state index contributed by atoms with van der Waals surface area (Å²) in [5.74, 6) is -6.35. The summed E-state index contributed by atoms with van der Waals surface area (Å²) in [4.78, 5) is 71.1. The van der Waals surface area contributed by atoms with E-state index in [4.69, 9.17) is 18.9 Å². The van der Waals surface area contributed by atoms with Crippen molar-refractivity contribution in [1.29, 1.82) is 0 Å². The molecular formula is C16H17FN2O11. The number of carboxylic acid groups (broad SMARTS) is 1. The van der Waals surface area contributed by atoms with Crippen LogP contribution in [0.4, 0.5) is 4.39 Å². The molecule has 1 aliphatic rings. The van der Waals surface area contributed by atoms with Gasteiger partial charge < -0.3 is 24.1 Å². The number of aromatic carboxylic acids is 1. The standard InChI is InChI=1S/C16H17FN2O11/c1-5(20)27-4-8-11(28-6(2)21)12(29-7(3)22)14(30-8)19-10(15(24)25)9(17)13(23)18-16(19)26/h8,11-12,14H,4H2,1-3H3,(H,24,25)(H,18,23,26)/t8-,11-,12-,14-/m1/s1. The molecule has 0 aliphatic carbocycles. The van der Waals surface area contributed by atoms with Crippen LogP contribution in [0.5, 0.6) is 0 Å². The molecule has 2 N–H and O–H groups in total. The number of aromatic amines is 1. The number of esters is 3. The first kappa shape index (κ1) is 22.7. The quantitative estimate of drug-likeness (QED) is 0.403. The zero-order valence-electron chi connectivity index (χ0n) is 15.9. The molecule has 0 aromatic carbocycles. The van der Waals surface area contributed by atoms with Crippen molar-refractivity contribution in [2.24, 2.45) is 0 Å². The summed E-state index contributed by atoms with van der Waals surface area (Å²) in [7, 11) is 0. The number of halogens is 1. The molecule has 14 heteroatoms. The molecule has 0 amide bonds. The van der Waals surface area contributed by atoms with E-state index in [2.05, 4.69) is 0 Å². The molecule has 2 rings (SSSR count). The van der Waals surface area contributed by atoms with Gasteiger partial charge in [0.15, 0.2) is 24.1 Å². The van der Waals surface area contributed by atoms with Crippen molar-refractivity contribution >= 4 is 23.9 Å². The number of rotatable bonds is 6. The fraction of sp³-hybridized carbons (Fsp3) is 0.500. The van der Waals surface area contributed by atoms with Crippen LogP contribution in [0.25, 0.3) is 0 Å². The summed E-state index contributed by atoms with van der Waals surface area (Å²) in [5.41, 5.74) is -4.36. The fourth-order valence-electron chi connectivity index (χ4n) is 2.87. The number of carbonyl (C=O) groups is 4. The van der Waals surface area contributed by atoms with Gasteiger partial charge in [-0.15, -0.1) is 0 Å². The molecular weight excluding hydrogens is 415 g/mol. The predicted molar refractivity (Wildman–Crippen MR) is 89.9 cm³/mol. The van der Waals surface area contributed by atoms with Crippen LogP contribution in [0.3, 0.4) is 0 Å². The third kappa shape index (κ3) is 4.71. The third-order valence-electron chi connectivity index (χ3n) is 3.88. The molecule has 0 bridgehead atoms. The molecule has 13 nitrogen and oxygen atoms in total. The molecule has 0 radical (unpaired) electrons. The largest absolute Gasteiger partial charge is 0.476 e. The SMILES string of the molecule is CC(=O)OC[C@H]1O[C@@H](n2c(C(=O)O)c(F)c(=O)[nH]c2=O)[C@H](OC(C)=O)[C@@H]1OC(C)=O. The van der Waals surface area contributed by atoms with E-state index in [1.807, 2.05) is 0 Å². The molecule has 30 heavy (non-hydrogen) atoms. The molecule has 4 atom stereocenters. The fourth-order valence-corrected chi connectivity index (χ4v) is 2.87. The topological polar surface area (TPSA) is 180 Å². The average molecular weight is 432 g/mol. The second-order valence-corrected chi connectivity index (χ2v) is 6.11. The second-order valence-electron chi connectivity index (χ2n) is 6.11. The van der Waals surface area contributed by atoms with Crippen LogP contribution in [-0.4, -0.2) is 63.5 Å². The normalized spacial score (nSPS) is 22.9. The van der Waals surface area contributed by atoms with Gasteiger partial charge in [-0.05, 0) is 0 Å². The highest BCUT2D eigenvalue weighted by molar-refractivity contribution is 5.85. The highest BCUT2D eigenvalue weighted by Gasteiger charge is 2.52. The van der Waals surface area contributed by atoms with Crippen molar-refractivity contribution in [3.63, 3.8) is 0 Å². The number of hydrogen-bond donors (Lipinski definition) is 2. The van der Waals surface area contributed by atoms with E-state index in [0.29, 0.717) is 0 Å².